The van der Waals surface area contributed by atoms with Gasteiger partial charge in [-0.15, -0.1) is 0 Å². The molecule has 0 saturated heterocycles. The predicted octanol–water partition coefficient (Wildman–Crippen LogP) is 4.56. The van der Waals surface area contributed by atoms with Crippen molar-refractivity contribution in [3.8, 4) is 0 Å². The van der Waals surface area contributed by atoms with Gasteiger partial charge in [-0.1, -0.05) is 55.0 Å². The van der Waals surface area contributed by atoms with E-state index < -0.39 is 0 Å². The molecule has 116 valence electrons. The normalized spacial score (nSPS) is 16.3. The summed E-state index contributed by atoms with van der Waals surface area (Å²) in [7, 11) is 0. The highest BCUT2D eigenvalue weighted by Gasteiger charge is 2.14. The maximum Gasteiger partial charge on any atom is 0.315 e. The second-order valence-electron chi connectivity index (χ2n) is 5.57. The molecule has 2 N–H and O–H groups in total. The molecule has 0 radical (unpaired) electrons. The van der Waals surface area contributed by atoms with Crippen LogP contribution in [0.5, 0.6) is 0 Å². The molecular weight excluding hydrogens is 307 g/mol. The topological polar surface area (TPSA) is 41.1 Å². The Morgan fingerprint density at radius 1 is 1.14 bits per heavy atom. The average Bonchev–Trinajstić information content (AvgIpc) is 2.70. The third-order valence-electron chi connectivity index (χ3n) is 3.89. The first-order valence-electron chi connectivity index (χ1n) is 7.63. The van der Waals surface area contributed by atoms with Crippen LogP contribution >= 0.6 is 23.2 Å². The van der Waals surface area contributed by atoms with Gasteiger partial charge in [-0.25, -0.2) is 4.79 Å². The van der Waals surface area contributed by atoms with Gasteiger partial charge in [-0.3, -0.25) is 0 Å². The fourth-order valence-electron chi connectivity index (χ4n) is 2.70. The number of urea groups is 1. The van der Waals surface area contributed by atoms with Crippen LogP contribution in [0.1, 0.15) is 44.1 Å². The van der Waals surface area contributed by atoms with E-state index in [1.807, 2.05) is 12.1 Å². The molecule has 1 aromatic carbocycles. The maximum atomic E-state index is 11.9. The molecular formula is C16H22Cl2N2O. The highest BCUT2D eigenvalue weighted by Crippen LogP contribution is 2.21. The second kappa shape index (κ2) is 8.50. The number of nitrogens with one attached hydrogen (secondary N) is 2. The molecule has 0 atom stereocenters. The SMILES string of the molecule is O=C(NCCc1ccc(Cl)cc1Cl)NC1CCCCCC1. The number of benzene rings is 1. The molecule has 1 saturated carbocycles. The Hall–Kier alpha value is -0.930. The highest BCUT2D eigenvalue weighted by molar-refractivity contribution is 6.35. The van der Waals surface area contributed by atoms with E-state index in [0.717, 1.165) is 18.4 Å². The van der Waals surface area contributed by atoms with Crippen molar-refractivity contribution in [2.24, 2.45) is 0 Å². The lowest BCUT2D eigenvalue weighted by Crippen LogP contribution is -2.42. The lowest BCUT2D eigenvalue weighted by molar-refractivity contribution is 0.235. The zero-order chi connectivity index (χ0) is 15.1. The van der Waals surface area contributed by atoms with Gasteiger partial charge in [0, 0.05) is 22.6 Å². The summed E-state index contributed by atoms with van der Waals surface area (Å²) < 4.78 is 0. The standard InChI is InChI=1S/C16H22Cl2N2O/c17-13-8-7-12(15(18)11-13)9-10-19-16(21)20-14-5-3-1-2-4-6-14/h7-8,11,14H,1-6,9-10H2,(H2,19,20,21). The molecule has 1 fully saturated rings. The summed E-state index contributed by atoms with van der Waals surface area (Å²) in [4.78, 5) is 11.9. The van der Waals surface area contributed by atoms with Crippen LogP contribution in [0.4, 0.5) is 4.79 Å². The Kier molecular flexibility index (Phi) is 6.65. The van der Waals surface area contributed by atoms with Crippen LogP contribution in [-0.2, 0) is 6.42 Å². The van der Waals surface area contributed by atoms with E-state index in [1.165, 1.54) is 25.7 Å². The van der Waals surface area contributed by atoms with E-state index >= 15 is 0 Å². The van der Waals surface area contributed by atoms with Crippen molar-refractivity contribution in [2.45, 2.75) is 51.0 Å². The van der Waals surface area contributed by atoms with Gasteiger partial charge in [0.25, 0.3) is 0 Å². The number of rotatable bonds is 4. The monoisotopic (exact) mass is 328 g/mol. The molecule has 0 bridgehead atoms. The molecule has 21 heavy (non-hydrogen) atoms. The van der Waals surface area contributed by atoms with Crippen molar-refractivity contribution in [1.29, 1.82) is 0 Å². The van der Waals surface area contributed by atoms with Crippen molar-refractivity contribution >= 4 is 29.2 Å². The molecule has 0 unspecified atom stereocenters. The molecule has 0 aliphatic heterocycles. The van der Waals surface area contributed by atoms with Crippen molar-refractivity contribution in [2.75, 3.05) is 6.54 Å². The quantitative estimate of drug-likeness (QED) is 0.781. The smallest absolute Gasteiger partial charge is 0.315 e. The Balaban J connectivity index is 1.71. The van der Waals surface area contributed by atoms with E-state index in [0.29, 0.717) is 29.1 Å². The molecule has 2 rings (SSSR count). The summed E-state index contributed by atoms with van der Waals surface area (Å²) in [6.45, 7) is 0.569. The summed E-state index contributed by atoms with van der Waals surface area (Å²) in [5.74, 6) is 0. The van der Waals surface area contributed by atoms with Gasteiger partial charge in [-0.05, 0) is 37.0 Å². The minimum Gasteiger partial charge on any atom is -0.338 e. The first kappa shape index (κ1) is 16.4. The summed E-state index contributed by atoms with van der Waals surface area (Å²) in [5.41, 5.74) is 0.996. The lowest BCUT2D eigenvalue weighted by atomic mass is 10.1. The fraction of sp³-hybridized carbons (Fsp3) is 0.562. The van der Waals surface area contributed by atoms with E-state index in [9.17, 15) is 4.79 Å². The van der Waals surface area contributed by atoms with Crippen LogP contribution in [0.2, 0.25) is 10.0 Å². The van der Waals surface area contributed by atoms with Crippen molar-refractivity contribution in [3.05, 3.63) is 33.8 Å². The molecule has 0 aromatic heterocycles. The second-order valence-corrected chi connectivity index (χ2v) is 6.42. The molecule has 1 aromatic rings. The van der Waals surface area contributed by atoms with Crippen LogP contribution in [0.3, 0.4) is 0 Å². The third-order valence-corrected chi connectivity index (χ3v) is 4.47. The van der Waals surface area contributed by atoms with Gasteiger partial charge in [-0.2, -0.15) is 0 Å². The van der Waals surface area contributed by atoms with E-state index in [2.05, 4.69) is 10.6 Å². The molecule has 0 spiro atoms. The average molecular weight is 329 g/mol. The summed E-state index contributed by atoms with van der Waals surface area (Å²) in [5, 5.41) is 7.24. The lowest BCUT2D eigenvalue weighted by Gasteiger charge is -2.16. The first-order chi connectivity index (χ1) is 10.1. The number of carbonyl (C=O) groups is 1. The minimum absolute atomic E-state index is 0.0769. The van der Waals surface area contributed by atoms with Crippen molar-refractivity contribution in [1.82, 2.24) is 10.6 Å². The number of halogens is 2. The number of hydrogen-bond acceptors (Lipinski definition) is 1. The van der Waals surface area contributed by atoms with E-state index in [1.54, 1.807) is 6.07 Å². The van der Waals surface area contributed by atoms with Crippen LogP contribution in [0, 0.1) is 0 Å². The third kappa shape index (κ3) is 5.76. The zero-order valence-corrected chi connectivity index (χ0v) is 13.6. The summed E-state index contributed by atoms with van der Waals surface area (Å²) in [6.07, 6.45) is 7.89. The Labute approximate surface area is 136 Å². The van der Waals surface area contributed by atoms with Gasteiger partial charge < -0.3 is 10.6 Å². The van der Waals surface area contributed by atoms with Gasteiger partial charge in [0.15, 0.2) is 0 Å². The summed E-state index contributed by atoms with van der Waals surface area (Å²) in [6, 6.07) is 5.69. The molecule has 3 nitrogen and oxygen atoms in total. The molecule has 0 heterocycles. The number of hydrogen-bond donors (Lipinski definition) is 2. The fourth-order valence-corrected chi connectivity index (χ4v) is 3.20. The van der Waals surface area contributed by atoms with Gasteiger partial charge in [0.2, 0.25) is 0 Å². The maximum absolute atomic E-state index is 11.9. The largest absolute Gasteiger partial charge is 0.338 e. The first-order valence-corrected chi connectivity index (χ1v) is 8.39. The predicted molar refractivity (Wildman–Crippen MR) is 88.2 cm³/mol. The van der Waals surface area contributed by atoms with Gasteiger partial charge in [0.05, 0.1) is 0 Å². The molecule has 2 amide bonds. The molecule has 5 heteroatoms. The summed E-state index contributed by atoms with van der Waals surface area (Å²) >= 11 is 12.0. The molecule has 1 aliphatic rings. The van der Waals surface area contributed by atoms with Crippen LogP contribution < -0.4 is 10.6 Å². The van der Waals surface area contributed by atoms with Gasteiger partial charge in [0.1, 0.15) is 0 Å². The minimum atomic E-state index is -0.0769. The highest BCUT2D eigenvalue weighted by atomic mass is 35.5. The number of amides is 2. The number of carbonyl (C=O) groups excluding carboxylic acids is 1. The Morgan fingerprint density at radius 3 is 2.52 bits per heavy atom. The van der Waals surface area contributed by atoms with Crippen LogP contribution in [0.15, 0.2) is 18.2 Å². The Morgan fingerprint density at radius 2 is 1.86 bits per heavy atom. The molecule has 1 aliphatic carbocycles. The van der Waals surface area contributed by atoms with Crippen molar-refractivity contribution in [3.63, 3.8) is 0 Å². The van der Waals surface area contributed by atoms with E-state index in [-0.39, 0.29) is 6.03 Å². The zero-order valence-electron chi connectivity index (χ0n) is 12.1. The van der Waals surface area contributed by atoms with Crippen molar-refractivity contribution < 1.29 is 4.79 Å². The van der Waals surface area contributed by atoms with Crippen LogP contribution in [-0.4, -0.2) is 18.6 Å². The van der Waals surface area contributed by atoms with Gasteiger partial charge >= 0.3 is 6.03 Å². The van der Waals surface area contributed by atoms with Crippen LogP contribution in [0.25, 0.3) is 0 Å². The Bertz CT molecular complexity index is 471. The van der Waals surface area contributed by atoms with E-state index in [4.69, 9.17) is 23.2 Å².